The highest BCUT2D eigenvalue weighted by Gasteiger charge is 2.27. The first-order valence-corrected chi connectivity index (χ1v) is 5.50. The first kappa shape index (κ1) is 9.54. The van der Waals surface area contributed by atoms with Gasteiger partial charge in [-0.15, -0.1) is 0 Å². The number of rotatable bonds is 2. The highest BCUT2D eigenvalue weighted by Crippen LogP contribution is 2.25. The largest absolute Gasteiger partial charge is 0.353 e. The number of nitrogens with one attached hydrogen (secondary N) is 1. The molecule has 0 radical (unpaired) electrons. The molecule has 1 N–H and O–H groups in total. The lowest BCUT2D eigenvalue weighted by Crippen LogP contribution is -2.57. The summed E-state index contributed by atoms with van der Waals surface area (Å²) in [6.45, 7) is 2.05. The van der Waals surface area contributed by atoms with Gasteiger partial charge in [-0.05, 0) is 19.2 Å². The van der Waals surface area contributed by atoms with Crippen LogP contribution in [0.5, 0.6) is 0 Å². The molecule has 3 rings (SSSR count). The molecule has 0 bridgehead atoms. The van der Waals surface area contributed by atoms with Gasteiger partial charge in [0.1, 0.15) is 12.1 Å². The van der Waals surface area contributed by atoms with Gasteiger partial charge in [-0.2, -0.15) is 0 Å². The molecule has 1 saturated heterocycles. The number of nitrogens with zero attached hydrogens (tertiary/aromatic N) is 3. The van der Waals surface area contributed by atoms with Crippen LogP contribution in [0.1, 0.15) is 0 Å². The van der Waals surface area contributed by atoms with Crippen molar-refractivity contribution in [2.24, 2.45) is 0 Å². The van der Waals surface area contributed by atoms with E-state index in [0.717, 1.165) is 29.8 Å². The summed E-state index contributed by atoms with van der Waals surface area (Å²) in [7, 11) is 2.00. The van der Waals surface area contributed by atoms with E-state index in [1.54, 1.807) is 6.33 Å². The monoisotopic (exact) mass is 214 g/mol. The summed E-state index contributed by atoms with van der Waals surface area (Å²) < 4.78 is 0. The van der Waals surface area contributed by atoms with Gasteiger partial charge in [-0.25, -0.2) is 9.97 Å². The van der Waals surface area contributed by atoms with Crippen LogP contribution >= 0.6 is 0 Å². The van der Waals surface area contributed by atoms with Crippen LogP contribution in [0.4, 0.5) is 5.82 Å². The van der Waals surface area contributed by atoms with Crippen LogP contribution in [0.25, 0.3) is 10.9 Å². The molecule has 16 heavy (non-hydrogen) atoms. The molecule has 4 heteroatoms. The second-order valence-electron chi connectivity index (χ2n) is 4.11. The standard InChI is InChI=1S/C12H14N4/c1-13-9-6-16(7-9)12-10-4-2-3-5-11(10)14-8-15-12/h2-5,8-9,13H,6-7H2,1H3. The first-order valence-electron chi connectivity index (χ1n) is 5.50. The topological polar surface area (TPSA) is 41.0 Å². The van der Waals surface area contributed by atoms with Crippen molar-refractivity contribution in [2.45, 2.75) is 6.04 Å². The quantitative estimate of drug-likeness (QED) is 0.811. The lowest BCUT2D eigenvalue weighted by atomic mass is 10.1. The summed E-state index contributed by atoms with van der Waals surface area (Å²) in [6, 6.07) is 8.73. The minimum atomic E-state index is 0.591. The Bertz CT molecular complexity index is 500. The van der Waals surface area contributed by atoms with Gasteiger partial charge < -0.3 is 10.2 Å². The predicted octanol–water partition coefficient (Wildman–Crippen LogP) is 1.04. The molecule has 2 heterocycles. The SMILES string of the molecule is CNC1CN(c2ncnc3ccccc23)C1. The van der Waals surface area contributed by atoms with E-state index in [2.05, 4.69) is 26.3 Å². The van der Waals surface area contributed by atoms with E-state index in [1.807, 2.05) is 25.2 Å². The van der Waals surface area contributed by atoms with Crippen LogP contribution in [0, 0.1) is 0 Å². The lowest BCUT2D eigenvalue weighted by molar-refractivity contribution is 0.448. The van der Waals surface area contributed by atoms with E-state index in [9.17, 15) is 0 Å². The molecule has 0 saturated carbocycles. The molecule has 82 valence electrons. The minimum absolute atomic E-state index is 0.591. The number of hydrogen-bond acceptors (Lipinski definition) is 4. The molecule has 1 aromatic heterocycles. The highest BCUT2D eigenvalue weighted by molar-refractivity contribution is 5.89. The maximum Gasteiger partial charge on any atom is 0.139 e. The van der Waals surface area contributed by atoms with Gasteiger partial charge in [-0.3, -0.25) is 0 Å². The molecule has 1 aliphatic rings. The third-order valence-corrected chi connectivity index (χ3v) is 3.11. The van der Waals surface area contributed by atoms with Gasteiger partial charge in [0.05, 0.1) is 5.52 Å². The van der Waals surface area contributed by atoms with Crippen molar-refractivity contribution in [1.29, 1.82) is 0 Å². The van der Waals surface area contributed by atoms with Gasteiger partial charge in [-0.1, -0.05) is 12.1 Å². The minimum Gasteiger partial charge on any atom is -0.353 e. The van der Waals surface area contributed by atoms with E-state index < -0.39 is 0 Å². The Morgan fingerprint density at radius 1 is 1.25 bits per heavy atom. The van der Waals surface area contributed by atoms with Gasteiger partial charge in [0.25, 0.3) is 0 Å². The predicted molar refractivity (Wildman–Crippen MR) is 64.6 cm³/mol. The van der Waals surface area contributed by atoms with Crippen molar-refractivity contribution in [1.82, 2.24) is 15.3 Å². The van der Waals surface area contributed by atoms with Crippen molar-refractivity contribution in [3.63, 3.8) is 0 Å². The molecule has 0 amide bonds. The van der Waals surface area contributed by atoms with Gasteiger partial charge in [0.15, 0.2) is 0 Å². The molecule has 0 unspecified atom stereocenters. The zero-order chi connectivity index (χ0) is 11.0. The number of benzene rings is 1. The summed E-state index contributed by atoms with van der Waals surface area (Å²) in [6.07, 6.45) is 1.64. The average molecular weight is 214 g/mol. The van der Waals surface area contributed by atoms with E-state index in [1.165, 1.54) is 0 Å². The molecule has 1 fully saturated rings. The normalized spacial score (nSPS) is 16.4. The van der Waals surface area contributed by atoms with Crippen molar-refractivity contribution < 1.29 is 0 Å². The number of fused-ring (bicyclic) bond motifs is 1. The zero-order valence-corrected chi connectivity index (χ0v) is 9.22. The Balaban J connectivity index is 1.98. The van der Waals surface area contributed by atoms with E-state index >= 15 is 0 Å². The Hall–Kier alpha value is -1.68. The first-order chi connectivity index (χ1) is 7.88. The van der Waals surface area contributed by atoms with Crippen molar-refractivity contribution in [3.8, 4) is 0 Å². The molecule has 2 aromatic rings. The molecule has 0 atom stereocenters. The summed E-state index contributed by atoms with van der Waals surface area (Å²) >= 11 is 0. The maximum atomic E-state index is 4.38. The summed E-state index contributed by atoms with van der Waals surface area (Å²) in [5.41, 5.74) is 1.01. The lowest BCUT2D eigenvalue weighted by Gasteiger charge is -2.40. The second kappa shape index (κ2) is 3.72. The number of hydrogen-bond donors (Lipinski definition) is 1. The van der Waals surface area contributed by atoms with Crippen LogP contribution in [0.2, 0.25) is 0 Å². The Morgan fingerprint density at radius 2 is 2.06 bits per heavy atom. The summed E-state index contributed by atoms with van der Waals surface area (Å²) in [5, 5.41) is 4.40. The summed E-state index contributed by atoms with van der Waals surface area (Å²) in [5.74, 6) is 1.05. The Labute approximate surface area is 94.3 Å². The fourth-order valence-electron chi connectivity index (χ4n) is 2.08. The second-order valence-corrected chi connectivity index (χ2v) is 4.11. The fraction of sp³-hybridized carbons (Fsp3) is 0.333. The molecular weight excluding hydrogens is 200 g/mol. The number of aromatic nitrogens is 2. The van der Waals surface area contributed by atoms with Crippen LogP contribution in [-0.2, 0) is 0 Å². The van der Waals surface area contributed by atoms with E-state index in [4.69, 9.17) is 0 Å². The molecule has 4 nitrogen and oxygen atoms in total. The van der Waals surface area contributed by atoms with Crippen LogP contribution in [0.3, 0.4) is 0 Å². The molecular formula is C12H14N4. The van der Waals surface area contributed by atoms with Crippen molar-refractivity contribution in [2.75, 3.05) is 25.0 Å². The van der Waals surface area contributed by atoms with Gasteiger partial charge in [0, 0.05) is 24.5 Å². The van der Waals surface area contributed by atoms with Crippen LogP contribution < -0.4 is 10.2 Å². The van der Waals surface area contributed by atoms with Crippen LogP contribution in [0.15, 0.2) is 30.6 Å². The summed E-state index contributed by atoms with van der Waals surface area (Å²) in [4.78, 5) is 10.9. The average Bonchev–Trinajstić information content (AvgIpc) is 2.28. The number of likely N-dealkylation sites (N-methyl/N-ethyl adjacent to an activating group) is 1. The third kappa shape index (κ3) is 1.42. The van der Waals surface area contributed by atoms with Crippen molar-refractivity contribution >= 4 is 16.7 Å². The fourth-order valence-corrected chi connectivity index (χ4v) is 2.08. The zero-order valence-electron chi connectivity index (χ0n) is 9.22. The van der Waals surface area contributed by atoms with Crippen LogP contribution in [-0.4, -0.2) is 36.1 Å². The molecule has 0 spiro atoms. The molecule has 1 aliphatic heterocycles. The third-order valence-electron chi connectivity index (χ3n) is 3.11. The van der Waals surface area contributed by atoms with E-state index in [-0.39, 0.29) is 0 Å². The maximum absolute atomic E-state index is 4.38. The Kier molecular flexibility index (Phi) is 2.22. The number of para-hydroxylation sites is 1. The van der Waals surface area contributed by atoms with Gasteiger partial charge in [0.2, 0.25) is 0 Å². The number of anilines is 1. The Morgan fingerprint density at radius 3 is 2.88 bits per heavy atom. The van der Waals surface area contributed by atoms with Crippen molar-refractivity contribution in [3.05, 3.63) is 30.6 Å². The highest BCUT2D eigenvalue weighted by atomic mass is 15.3. The molecule has 1 aromatic carbocycles. The van der Waals surface area contributed by atoms with Gasteiger partial charge >= 0.3 is 0 Å². The molecule has 0 aliphatic carbocycles. The van der Waals surface area contributed by atoms with E-state index in [0.29, 0.717) is 6.04 Å². The smallest absolute Gasteiger partial charge is 0.139 e.